The molecule has 1 aromatic rings. The summed E-state index contributed by atoms with van der Waals surface area (Å²) in [6, 6.07) is 4.29. The largest absolute Gasteiger partial charge is 0.505 e. The molecule has 1 aliphatic carbocycles. The number of aromatic hydroxyl groups is 1. The molecule has 0 spiro atoms. The van der Waals surface area contributed by atoms with Gasteiger partial charge in [-0.25, -0.2) is 4.39 Å². The summed E-state index contributed by atoms with van der Waals surface area (Å²) in [5.74, 6) is -2.00. The van der Waals surface area contributed by atoms with Crippen LogP contribution in [-0.4, -0.2) is 16.2 Å². The van der Waals surface area contributed by atoms with Gasteiger partial charge < -0.3 is 10.2 Å². The highest BCUT2D eigenvalue weighted by atomic mass is 19.1. The molecule has 86 valence electrons. The summed E-state index contributed by atoms with van der Waals surface area (Å²) in [6.45, 7) is 0. The number of para-hydroxylation sites is 1. The maximum Gasteiger partial charge on any atom is 0.304 e. The average molecular weight is 224 g/mol. The minimum absolute atomic E-state index is 0.0516. The van der Waals surface area contributed by atoms with Crippen LogP contribution in [0.1, 0.15) is 31.2 Å². The zero-order valence-electron chi connectivity index (χ0n) is 8.74. The van der Waals surface area contributed by atoms with Crippen molar-refractivity contribution in [1.82, 2.24) is 0 Å². The number of halogens is 1. The first-order chi connectivity index (χ1) is 7.55. The first-order valence-corrected chi connectivity index (χ1v) is 5.25. The molecule has 1 saturated carbocycles. The summed E-state index contributed by atoms with van der Waals surface area (Å²) in [4.78, 5) is 10.8. The molecule has 4 heteroatoms. The van der Waals surface area contributed by atoms with Crippen LogP contribution in [0.25, 0.3) is 0 Å². The van der Waals surface area contributed by atoms with E-state index in [0.717, 1.165) is 6.42 Å². The van der Waals surface area contributed by atoms with Gasteiger partial charge in [0, 0.05) is 11.0 Å². The molecule has 2 N–H and O–H groups in total. The fourth-order valence-corrected chi connectivity index (χ4v) is 2.38. The molecule has 1 aromatic carbocycles. The minimum atomic E-state index is -0.914. The fourth-order valence-electron chi connectivity index (χ4n) is 2.38. The summed E-state index contributed by atoms with van der Waals surface area (Å²) in [5.41, 5.74) is -0.140. The van der Waals surface area contributed by atoms with Crippen LogP contribution >= 0.6 is 0 Å². The molecular weight excluding hydrogens is 211 g/mol. The molecule has 2 rings (SSSR count). The van der Waals surface area contributed by atoms with Crippen LogP contribution < -0.4 is 0 Å². The van der Waals surface area contributed by atoms with Gasteiger partial charge >= 0.3 is 5.97 Å². The van der Waals surface area contributed by atoms with Gasteiger partial charge in [-0.3, -0.25) is 4.79 Å². The van der Waals surface area contributed by atoms with Gasteiger partial charge in [-0.1, -0.05) is 18.6 Å². The third-order valence-corrected chi connectivity index (χ3v) is 3.36. The van der Waals surface area contributed by atoms with Gasteiger partial charge in [0.15, 0.2) is 11.6 Å². The Morgan fingerprint density at radius 3 is 2.62 bits per heavy atom. The van der Waals surface area contributed by atoms with Crippen molar-refractivity contribution in [2.75, 3.05) is 0 Å². The van der Waals surface area contributed by atoms with Gasteiger partial charge in [0.25, 0.3) is 0 Å². The normalized spacial score (nSPS) is 17.8. The van der Waals surface area contributed by atoms with Crippen LogP contribution in [0.15, 0.2) is 18.2 Å². The number of hydrogen-bond acceptors (Lipinski definition) is 2. The lowest BCUT2D eigenvalue weighted by Crippen LogP contribution is -2.36. The quantitative estimate of drug-likeness (QED) is 0.829. The number of rotatable bonds is 3. The molecule has 0 aromatic heterocycles. The molecule has 3 nitrogen and oxygen atoms in total. The van der Waals surface area contributed by atoms with E-state index in [1.807, 2.05) is 0 Å². The van der Waals surface area contributed by atoms with E-state index in [0.29, 0.717) is 18.4 Å². The molecule has 0 atom stereocenters. The van der Waals surface area contributed by atoms with E-state index in [1.54, 1.807) is 6.07 Å². The van der Waals surface area contributed by atoms with E-state index < -0.39 is 23.0 Å². The maximum atomic E-state index is 13.2. The number of carbonyl (C=O) groups is 1. The lowest BCUT2D eigenvalue weighted by Gasteiger charge is -2.41. The molecule has 0 radical (unpaired) electrons. The summed E-state index contributed by atoms with van der Waals surface area (Å²) in [7, 11) is 0. The van der Waals surface area contributed by atoms with E-state index in [4.69, 9.17) is 5.11 Å². The van der Waals surface area contributed by atoms with E-state index in [2.05, 4.69) is 0 Å². The molecular formula is C12H13FO3. The van der Waals surface area contributed by atoms with Gasteiger partial charge in [-0.2, -0.15) is 0 Å². The van der Waals surface area contributed by atoms with Crippen molar-refractivity contribution in [2.24, 2.45) is 0 Å². The number of carboxylic acid groups (broad SMARTS) is 1. The second-order valence-corrected chi connectivity index (χ2v) is 4.34. The number of aliphatic carboxylic acids is 1. The molecule has 0 aliphatic heterocycles. The Morgan fingerprint density at radius 2 is 2.12 bits per heavy atom. The summed E-state index contributed by atoms with van der Waals surface area (Å²) in [6.07, 6.45) is 2.25. The highest BCUT2D eigenvalue weighted by molar-refractivity contribution is 5.70. The zero-order chi connectivity index (χ0) is 11.8. The van der Waals surface area contributed by atoms with E-state index in [-0.39, 0.29) is 6.42 Å². The number of benzene rings is 1. The molecule has 0 saturated heterocycles. The topological polar surface area (TPSA) is 57.5 Å². The van der Waals surface area contributed by atoms with Crippen LogP contribution in [0.4, 0.5) is 4.39 Å². The van der Waals surface area contributed by atoms with Crippen molar-refractivity contribution < 1.29 is 19.4 Å². The predicted octanol–water partition coefficient (Wildman–Crippen LogP) is 2.43. The molecule has 0 unspecified atom stereocenters. The van der Waals surface area contributed by atoms with E-state index in [9.17, 15) is 14.3 Å². The Hall–Kier alpha value is -1.58. The van der Waals surface area contributed by atoms with Crippen molar-refractivity contribution in [3.63, 3.8) is 0 Å². The third kappa shape index (κ3) is 1.64. The number of hydrogen-bond donors (Lipinski definition) is 2. The van der Waals surface area contributed by atoms with E-state index in [1.165, 1.54) is 12.1 Å². The van der Waals surface area contributed by atoms with Gasteiger partial charge in [0.1, 0.15) is 0 Å². The van der Waals surface area contributed by atoms with Crippen molar-refractivity contribution in [3.05, 3.63) is 29.6 Å². The van der Waals surface area contributed by atoms with Gasteiger partial charge in [0.05, 0.1) is 6.42 Å². The first kappa shape index (κ1) is 10.9. The third-order valence-electron chi connectivity index (χ3n) is 3.36. The molecule has 1 fully saturated rings. The molecule has 16 heavy (non-hydrogen) atoms. The Labute approximate surface area is 92.5 Å². The van der Waals surface area contributed by atoms with Crippen molar-refractivity contribution in [3.8, 4) is 5.75 Å². The smallest absolute Gasteiger partial charge is 0.304 e. The first-order valence-electron chi connectivity index (χ1n) is 5.25. The Bertz CT molecular complexity index is 424. The standard InChI is InChI=1S/C12H13FO3/c13-9-4-1-3-8(11(9)16)12(5-2-6-12)7-10(14)15/h1,3-4,16H,2,5-7H2,(H,14,15). The van der Waals surface area contributed by atoms with Crippen molar-refractivity contribution >= 4 is 5.97 Å². The van der Waals surface area contributed by atoms with Crippen LogP contribution in [0.2, 0.25) is 0 Å². The molecule has 0 amide bonds. The second kappa shape index (κ2) is 3.77. The molecule has 0 bridgehead atoms. The molecule has 1 aliphatic rings. The predicted molar refractivity (Wildman–Crippen MR) is 55.8 cm³/mol. The SMILES string of the molecule is O=C(O)CC1(c2cccc(F)c2O)CCC1. The summed E-state index contributed by atoms with van der Waals surface area (Å²) >= 11 is 0. The number of phenolic OH excluding ortho intramolecular Hbond substituents is 1. The zero-order valence-corrected chi connectivity index (χ0v) is 8.74. The van der Waals surface area contributed by atoms with Crippen LogP contribution in [0, 0.1) is 5.82 Å². The second-order valence-electron chi connectivity index (χ2n) is 4.34. The Balaban J connectivity index is 2.40. The highest BCUT2D eigenvalue weighted by Gasteiger charge is 2.42. The molecule has 0 heterocycles. The fraction of sp³-hybridized carbons (Fsp3) is 0.417. The lowest BCUT2D eigenvalue weighted by molar-refractivity contribution is -0.139. The van der Waals surface area contributed by atoms with E-state index >= 15 is 0 Å². The van der Waals surface area contributed by atoms with Gasteiger partial charge in [-0.05, 0) is 18.9 Å². The van der Waals surface area contributed by atoms with Crippen LogP contribution in [0.5, 0.6) is 5.75 Å². The maximum absolute atomic E-state index is 13.2. The summed E-state index contributed by atoms with van der Waals surface area (Å²) < 4.78 is 13.2. The lowest BCUT2D eigenvalue weighted by atomic mass is 9.62. The Kier molecular flexibility index (Phi) is 2.58. The monoisotopic (exact) mass is 224 g/mol. The Morgan fingerprint density at radius 1 is 1.44 bits per heavy atom. The van der Waals surface area contributed by atoms with Crippen LogP contribution in [0.3, 0.4) is 0 Å². The van der Waals surface area contributed by atoms with Crippen molar-refractivity contribution in [1.29, 1.82) is 0 Å². The highest BCUT2D eigenvalue weighted by Crippen LogP contribution is 2.49. The number of carboxylic acids is 1. The van der Waals surface area contributed by atoms with Crippen LogP contribution in [-0.2, 0) is 10.2 Å². The minimum Gasteiger partial charge on any atom is -0.505 e. The van der Waals surface area contributed by atoms with Gasteiger partial charge in [0.2, 0.25) is 0 Å². The number of phenols is 1. The van der Waals surface area contributed by atoms with Crippen molar-refractivity contribution in [2.45, 2.75) is 31.1 Å². The average Bonchev–Trinajstić information content (AvgIpc) is 2.16. The van der Waals surface area contributed by atoms with Gasteiger partial charge in [-0.15, -0.1) is 0 Å². The summed E-state index contributed by atoms with van der Waals surface area (Å²) in [5, 5.41) is 18.5.